The molecule has 0 unspecified atom stereocenters. The molecule has 1 aromatic rings. The zero-order valence-electron chi connectivity index (χ0n) is 13.0. The number of allylic oxidation sites excluding steroid dienone is 1. The summed E-state index contributed by atoms with van der Waals surface area (Å²) in [4.78, 5) is 11.8. The number of rotatable bonds is 8. The summed E-state index contributed by atoms with van der Waals surface area (Å²) < 4.78 is 18.1. The molecule has 0 amide bonds. The van der Waals surface area contributed by atoms with Crippen molar-refractivity contribution < 1.29 is 9.13 Å². The molecule has 0 atom stereocenters. The van der Waals surface area contributed by atoms with Gasteiger partial charge in [0.2, 0.25) is 5.95 Å². The van der Waals surface area contributed by atoms with Gasteiger partial charge >= 0.3 is 0 Å². The fourth-order valence-electron chi connectivity index (χ4n) is 1.50. The molecule has 22 heavy (non-hydrogen) atoms. The van der Waals surface area contributed by atoms with E-state index in [-0.39, 0.29) is 0 Å². The van der Waals surface area contributed by atoms with E-state index in [1.807, 2.05) is 6.92 Å². The van der Waals surface area contributed by atoms with E-state index in [9.17, 15) is 4.39 Å². The van der Waals surface area contributed by atoms with Crippen LogP contribution < -0.4 is 11.1 Å². The van der Waals surface area contributed by atoms with E-state index in [1.54, 1.807) is 13.0 Å². The van der Waals surface area contributed by atoms with Crippen molar-refractivity contribution in [2.75, 3.05) is 13.3 Å². The van der Waals surface area contributed by atoms with Gasteiger partial charge in [0.05, 0.1) is 17.9 Å². The number of ether oxygens (including phenoxy) is 1. The highest BCUT2D eigenvalue weighted by atomic mass is 19.1. The number of amidine groups is 1. The Morgan fingerprint density at radius 3 is 2.86 bits per heavy atom. The Hall–Kier alpha value is -2.28. The molecule has 0 bridgehead atoms. The number of nitrogens with zero attached hydrogens (tertiary/aromatic N) is 3. The molecule has 1 aromatic heterocycles. The SMILES string of the molecule is C=N/C(C)=C(/N)C(=NCc1ccc(F)nc1)NCOCCC. The summed E-state index contributed by atoms with van der Waals surface area (Å²) in [6, 6.07) is 2.91. The molecule has 1 rings (SSSR count). The lowest BCUT2D eigenvalue weighted by Crippen LogP contribution is -2.32. The lowest BCUT2D eigenvalue weighted by atomic mass is 10.3. The number of hydrogen-bond donors (Lipinski definition) is 2. The Bertz CT molecular complexity index is 539. The molecule has 6 nitrogen and oxygen atoms in total. The lowest BCUT2D eigenvalue weighted by molar-refractivity contribution is 0.129. The van der Waals surface area contributed by atoms with Gasteiger partial charge in [0, 0.05) is 12.8 Å². The van der Waals surface area contributed by atoms with Gasteiger partial charge in [0.15, 0.2) is 0 Å². The Morgan fingerprint density at radius 1 is 1.50 bits per heavy atom. The van der Waals surface area contributed by atoms with E-state index in [4.69, 9.17) is 10.5 Å². The minimum Gasteiger partial charge on any atom is -0.394 e. The molecule has 0 saturated carbocycles. The van der Waals surface area contributed by atoms with E-state index >= 15 is 0 Å². The van der Waals surface area contributed by atoms with Crippen molar-refractivity contribution in [2.45, 2.75) is 26.8 Å². The van der Waals surface area contributed by atoms with Crippen molar-refractivity contribution in [1.29, 1.82) is 0 Å². The van der Waals surface area contributed by atoms with Crippen molar-refractivity contribution in [3.05, 3.63) is 41.2 Å². The second-order valence-corrected chi connectivity index (χ2v) is 4.54. The lowest BCUT2D eigenvalue weighted by Gasteiger charge is -2.12. The summed E-state index contributed by atoms with van der Waals surface area (Å²) in [5.74, 6) is -0.0597. The van der Waals surface area contributed by atoms with Crippen LogP contribution in [0.15, 0.2) is 39.7 Å². The summed E-state index contributed by atoms with van der Waals surface area (Å²) in [5.41, 5.74) is 7.73. The fraction of sp³-hybridized carbons (Fsp3) is 0.400. The molecule has 0 radical (unpaired) electrons. The van der Waals surface area contributed by atoms with Crippen LogP contribution in [0.5, 0.6) is 0 Å². The van der Waals surface area contributed by atoms with Crippen molar-refractivity contribution in [2.24, 2.45) is 15.7 Å². The monoisotopic (exact) mass is 307 g/mol. The predicted molar refractivity (Wildman–Crippen MR) is 86.0 cm³/mol. The Morgan fingerprint density at radius 2 is 2.27 bits per heavy atom. The molecule has 7 heteroatoms. The predicted octanol–water partition coefficient (Wildman–Crippen LogP) is 1.98. The standard InChI is InChI=1S/C15H22FN5O/c1-4-7-22-10-21-15(14(17)11(2)18-3)20-9-12-5-6-13(16)19-8-12/h5-6,8H,3-4,7,9-10,17H2,1-2H3,(H,20,21)/b14-11+. The largest absolute Gasteiger partial charge is 0.394 e. The summed E-state index contributed by atoms with van der Waals surface area (Å²) in [6.45, 7) is 8.46. The van der Waals surface area contributed by atoms with E-state index in [0.29, 0.717) is 37.1 Å². The third-order valence-corrected chi connectivity index (χ3v) is 2.78. The van der Waals surface area contributed by atoms with E-state index in [2.05, 4.69) is 27.0 Å². The quantitative estimate of drug-likeness (QED) is 0.253. The summed E-state index contributed by atoms with van der Waals surface area (Å²) in [7, 11) is 0. The number of aliphatic imine (C=N–C) groups is 2. The van der Waals surface area contributed by atoms with Gasteiger partial charge in [-0.05, 0) is 31.7 Å². The molecule has 0 aliphatic carbocycles. The van der Waals surface area contributed by atoms with Crippen molar-refractivity contribution >= 4 is 12.6 Å². The maximum absolute atomic E-state index is 12.8. The number of pyridine rings is 1. The average Bonchev–Trinajstić information content (AvgIpc) is 2.54. The van der Waals surface area contributed by atoms with Crippen LogP contribution in [0, 0.1) is 5.95 Å². The first-order valence-electron chi connectivity index (χ1n) is 6.98. The van der Waals surface area contributed by atoms with Crippen LogP contribution in [-0.4, -0.2) is 30.9 Å². The summed E-state index contributed by atoms with van der Waals surface area (Å²) in [6.07, 6.45) is 2.36. The van der Waals surface area contributed by atoms with E-state index in [1.165, 1.54) is 12.3 Å². The van der Waals surface area contributed by atoms with Crippen LogP contribution in [0.2, 0.25) is 0 Å². The van der Waals surface area contributed by atoms with Crippen LogP contribution in [0.3, 0.4) is 0 Å². The molecule has 0 saturated heterocycles. The maximum atomic E-state index is 12.8. The minimum absolute atomic E-state index is 0.291. The average molecular weight is 307 g/mol. The molecule has 0 fully saturated rings. The first kappa shape index (κ1) is 17.8. The smallest absolute Gasteiger partial charge is 0.212 e. The van der Waals surface area contributed by atoms with Crippen molar-refractivity contribution in [3.8, 4) is 0 Å². The van der Waals surface area contributed by atoms with Gasteiger partial charge in [0.1, 0.15) is 12.6 Å². The van der Waals surface area contributed by atoms with Crippen LogP contribution in [-0.2, 0) is 11.3 Å². The van der Waals surface area contributed by atoms with Crippen LogP contribution >= 0.6 is 0 Å². The van der Waals surface area contributed by atoms with Gasteiger partial charge in [-0.1, -0.05) is 13.0 Å². The normalized spacial score (nSPS) is 12.8. The first-order chi connectivity index (χ1) is 10.6. The van der Waals surface area contributed by atoms with Crippen molar-refractivity contribution in [3.63, 3.8) is 0 Å². The van der Waals surface area contributed by atoms with E-state index < -0.39 is 5.95 Å². The van der Waals surface area contributed by atoms with Crippen LogP contribution in [0.25, 0.3) is 0 Å². The molecular weight excluding hydrogens is 285 g/mol. The third kappa shape index (κ3) is 6.01. The molecule has 120 valence electrons. The zero-order chi connectivity index (χ0) is 16.4. The number of aromatic nitrogens is 1. The number of nitrogens with two attached hydrogens (primary N) is 1. The van der Waals surface area contributed by atoms with Crippen LogP contribution in [0.4, 0.5) is 4.39 Å². The van der Waals surface area contributed by atoms with Crippen LogP contribution in [0.1, 0.15) is 25.8 Å². The van der Waals surface area contributed by atoms with E-state index in [0.717, 1.165) is 12.0 Å². The number of halogens is 1. The summed E-state index contributed by atoms with van der Waals surface area (Å²) in [5, 5.41) is 3.01. The van der Waals surface area contributed by atoms with Gasteiger partial charge in [-0.2, -0.15) is 4.39 Å². The second-order valence-electron chi connectivity index (χ2n) is 4.54. The molecular formula is C15H22FN5O. The van der Waals surface area contributed by atoms with Crippen molar-refractivity contribution in [1.82, 2.24) is 10.3 Å². The van der Waals surface area contributed by atoms with Gasteiger partial charge in [-0.3, -0.25) is 9.98 Å². The highest BCUT2D eigenvalue weighted by Crippen LogP contribution is 2.04. The molecule has 0 aliphatic rings. The second kappa shape index (κ2) is 9.62. The molecule has 0 aromatic carbocycles. The number of hydrogen-bond acceptors (Lipinski definition) is 5. The zero-order valence-corrected chi connectivity index (χ0v) is 13.0. The Labute approximate surface area is 130 Å². The molecule has 0 spiro atoms. The Balaban J connectivity index is 2.81. The number of nitrogens with one attached hydrogen (secondary N) is 1. The van der Waals surface area contributed by atoms with Gasteiger partial charge in [-0.15, -0.1) is 0 Å². The molecule has 1 heterocycles. The highest BCUT2D eigenvalue weighted by molar-refractivity contribution is 5.98. The third-order valence-electron chi connectivity index (χ3n) is 2.78. The minimum atomic E-state index is -0.523. The maximum Gasteiger partial charge on any atom is 0.212 e. The topological polar surface area (TPSA) is 84.9 Å². The summed E-state index contributed by atoms with van der Waals surface area (Å²) >= 11 is 0. The first-order valence-corrected chi connectivity index (χ1v) is 6.98. The molecule has 0 aliphatic heterocycles. The Kier molecular flexibility index (Phi) is 7.77. The fourth-order valence-corrected chi connectivity index (χ4v) is 1.50. The van der Waals surface area contributed by atoms with Gasteiger partial charge < -0.3 is 15.8 Å². The van der Waals surface area contributed by atoms with Gasteiger partial charge in [-0.25, -0.2) is 4.98 Å². The molecule has 3 N–H and O–H groups in total. The van der Waals surface area contributed by atoms with Gasteiger partial charge in [0.25, 0.3) is 0 Å². The highest BCUT2D eigenvalue weighted by Gasteiger charge is 2.06.